The molecular weight excluding hydrogens is 254 g/mol. The van der Waals surface area contributed by atoms with Crippen LogP contribution in [0.5, 0.6) is 0 Å². The number of carboxylic acids is 1. The summed E-state index contributed by atoms with van der Waals surface area (Å²) in [6, 6.07) is 7.83. The van der Waals surface area contributed by atoms with Crippen molar-refractivity contribution in [3.8, 4) is 0 Å². The van der Waals surface area contributed by atoms with Gasteiger partial charge in [0.2, 0.25) is 0 Å². The average molecular weight is 277 g/mol. The monoisotopic (exact) mass is 277 g/mol. The van der Waals surface area contributed by atoms with Gasteiger partial charge in [0.15, 0.2) is 0 Å². The van der Waals surface area contributed by atoms with Crippen LogP contribution in [-0.4, -0.2) is 48.3 Å². The van der Waals surface area contributed by atoms with E-state index in [2.05, 4.69) is 26.0 Å². The van der Waals surface area contributed by atoms with E-state index in [1.807, 2.05) is 17.0 Å². The first kappa shape index (κ1) is 15.0. The molecule has 1 saturated heterocycles. The Balaban J connectivity index is 2.05. The molecule has 1 aliphatic rings. The van der Waals surface area contributed by atoms with Crippen molar-refractivity contribution in [1.29, 1.82) is 0 Å². The fraction of sp³-hybridized carbons (Fsp3) is 0.562. The third-order valence-electron chi connectivity index (χ3n) is 3.85. The number of aliphatic carboxylic acids is 1. The van der Waals surface area contributed by atoms with E-state index >= 15 is 0 Å². The largest absolute Gasteiger partial charge is 0.480 e. The SMILES string of the molecule is CC(C)c1ccc(CC(C(=O)O)N2CCOCC2)cc1. The molecule has 4 nitrogen and oxygen atoms in total. The van der Waals surface area contributed by atoms with E-state index in [0.29, 0.717) is 38.6 Å². The minimum atomic E-state index is -0.750. The molecule has 20 heavy (non-hydrogen) atoms. The van der Waals surface area contributed by atoms with Crippen LogP contribution in [0.15, 0.2) is 24.3 Å². The van der Waals surface area contributed by atoms with Crippen LogP contribution in [0.4, 0.5) is 0 Å². The van der Waals surface area contributed by atoms with Gasteiger partial charge in [-0.25, -0.2) is 0 Å². The molecule has 110 valence electrons. The Kier molecular flexibility index (Phi) is 5.15. The van der Waals surface area contributed by atoms with E-state index in [1.54, 1.807) is 0 Å². The number of morpholine rings is 1. The predicted octanol–water partition coefficient (Wildman–Crippen LogP) is 2.14. The lowest BCUT2D eigenvalue weighted by Crippen LogP contribution is -2.48. The molecule has 1 atom stereocenters. The smallest absolute Gasteiger partial charge is 0.321 e. The Labute approximate surface area is 120 Å². The number of hydrogen-bond acceptors (Lipinski definition) is 3. The molecule has 0 aliphatic carbocycles. The number of hydrogen-bond donors (Lipinski definition) is 1. The highest BCUT2D eigenvalue weighted by molar-refractivity contribution is 5.74. The molecule has 1 aromatic rings. The van der Waals surface area contributed by atoms with Crippen molar-refractivity contribution < 1.29 is 14.6 Å². The van der Waals surface area contributed by atoms with Gasteiger partial charge < -0.3 is 9.84 Å². The normalized spacial score (nSPS) is 18.1. The van der Waals surface area contributed by atoms with Gasteiger partial charge in [-0.3, -0.25) is 9.69 Å². The summed E-state index contributed by atoms with van der Waals surface area (Å²) in [6.07, 6.45) is 0.549. The molecule has 1 N–H and O–H groups in total. The van der Waals surface area contributed by atoms with Crippen molar-refractivity contribution >= 4 is 5.97 Å². The van der Waals surface area contributed by atoms with Crippen molar-refractivity contribution in [2.45, 2.75) is 32.2 Å². The molecule has 0 spiro atoms. The molecule has 0 radical (unpaired) electrons. The van der Waals surface area contributed by atoms with Crippen molar-refractivity contribution in [3.05, 3.63) is 35.4 Å². The van der Waals surface area contributed by atoms with E-state index in [0.717, 1.165) is 5.56 Å². The standard InChI is InChI=1S/C16H23NO3/c1-12(2)14-5-3-13(4-6-14)11-15(16(18)19)17-7-9-20-10-8-17/h3-6,12,15H,7-11H2,1-2H3,(H,18,19). The van der Waals surface area contributed by atoms with Crippen molar-refractivity contribution in [1.82, 2.24) is 4.90 Å². The Hall–Kier alpha value is -1.39. The number of benzene rings is 1. The minimum Gasteiger partial charge on any atom is -0.480 e. The summed E-state index contributed by atoms with van der Waals surface area (Å²) >= 11 is 0. The van der Waals surface area contributed by atoms with E-state index in [1.165, 1.54) is 5.56 Å². The van der Waals surface area contributed by atoms with Gasteiger partial charge in [0.05, 0.1) is 13.2 Å². The van der Waals surface area contributed by atoms with Gasteiger partial charge in [-0.1, -0.05) is 38.1 Å². The fourth-order valence-corrected chi connectivity index (χ4v) is 2.52. The summed E-state index contributed by atoms with van der Waals surface area (Å²) in [5.74, 6) is -0.251. The molecule has 1 aromatic carbocycles. The molecule has 1 aliphatic heterocycles. The number of ether oxygens (including phenoxy) is 1. The summed E-state index contributed by atoms with van der Waals surface area (Å²) < 4.78 is 5.29. The number of rotatable bonds is 5. The molecule has 0 saturated carbocycles. The molecule has 1 fully saturated rings. The van der Waals surface area contributed by atoms with Crippen LogP contribution < -0.4 is 0 Å². The third-order valence-corrected chi connectivity index (χ3v) is 3.85. The Morgan fingerprint density at radius 2 is 1.85 bits per heavy atom. The van der Waals surface area contributed by atoms with E-state index in [4.69, 9.17) is 4.74 Å². The maximum atomic E-state index is 11.5. The quantitative estimate of drug-likeness (QED) is 0.896. The highest BCUT2D eigenvalue weighted by Crippen LogP contribution is 2.17. The molecule has 0 amide bonds. The number of nitrogens with zero attached hydrogens (tertiary/aromatic N) is 1. The molecule has 4 heteroatoms. The Morgan fingerprint density at radius 1 is 1.25 bits per heavy atom. The summed E-state index contributed by atoms with van der Waals surface area (Å²) in [6.45, 7) is 6.94. The van der Waals surface area contributed by atoms with E-state index < -0.39 is 12.0 Å². The highest BCUT2D eigenvalue weighted by atomic mass is 16.5. The lowest BCUT2D eigenvalue weighted by atomic mass is 9.98. The topological polar surface area (TPSA) is 49.8 Å². The minimum absolute atomic E-state index is 0.455. The van der Waals surface area contributed by atoms with Crippen LogP contribution >= 0.6 is 0 Å². The molecular formula is C16H23NO3. The Morgan fingerprint density at radius 3 is 2.35 bits per heavy atom. The zero-order valence-corrected chi connectivity index (χ0v) is 12.2. The van der Waals surface area contributed by atoms with Crippen LogP contribution in [0.25, 0.3) is 0 Å². The first-order chi connectivity index (χ1) is 9.58. The third kappa shape index (κ3) is 3.81. The van der Waals surface area contributed by atoms with Gasteiger partial charge in [-0.2, -0.15) is 0 Å². The number of carbonyl (C=O) groups is 1. The Bertz CT molecular complexity index is 436. The molecule has 0 aromatic heterocycles. The second-order valence-corrected chi connectivity index (χ2v) is 5.60. The second kappa shape index (κ2) is 6.86. The summed E-state index contributed by atoms with van der Waals surface area (Å²) in [4.78, 5) is 13.5. The van der Waals surface area contributed by atoms with Gasteiger partial charge in [-0.05, 0) is 23.5 Å². The maximum absolute atomic E-state index is 11.5. The summed E-state index contributed by atoms with van der Waals surface area (Å²) in [5.41, 5.74) is 2.36. The highest BCUT2D eigenvalue weighted by Gasteiger charge is 2.27. The van der Waals surface area contributed by atoms with Gasteiger partial charge >= 0.3 is 5.97 Å². The lowest BCUT2D eigenvalue weighted by molar-refractivity contribution is -0.145. The van der Waals surface area contributed by atoms with Gasteiger partial charge in [-0.15, -0.1) is 0 Å². The first-order valence-electron chi connectivity index (χ1n) is 7.21. The average Bonchev–Trinajstić information content (AvgIpc) is 2.46. The van der Waals surface area contributed by atoms with Gasteiger partial charge in [0.1, 0.15) is 6.04 Å². The number of carboxylic acid groups (broad SMARTS) is 1. The van der Waals surface area contributed by atoms with Crippen LogP contribution in [0, 0.1) is 0 Å². The van der Waals surface area contributed by atoms with Crippen LogP contribution in [0.1, 0.15) is 30.9 Å². The first-order valence-corrected chi connectivity index (χ1v) is 7.21. The van der Waals surface area contributed by atoms with Crippen LogP contribution in [0.3, 0.4) is 0 Å². The van der Waals surface area contributed by atoms with Gasteiger partial charge in [0, 0.05) is 13.1 Å². The van der Waals surface area contributed by atoms with E-state index in [-0.39, 0.29) is 0 Å². The van der Waals surface area contributed by atoms with Crippen LogP contribution in [-0.2, 0) is 16.0 Å². The molecule has 0 bridgehead atoms. The predicted molar refractivity (Wildman–Crippen MR) is 78.1 cm³/mol. The van der Waals surface area contributed by atoms with Crippen molar-refractivity contribution in [2.75, 3.05) is 26.3 Å². The molecule has 1 unspecified atom stereocenters. The van der Waals surface area contributed by atoms with Gasteiger partial charge in [0.25, 0.3) is 0 Å². The maximum Gasteiger partial charge on any atom is 0.321 e. The zero-order chi connectivity index (χ0) is 14.5. The van der Waals surface area contributed by atoms with Crippen molar-refractivity contribution in [3.63, 3.8) is 0 Å². The summed E-state index contributed by atoms with van der Waals surface area (Å²) in [5, 5.41) is 9.45. The van der Waals surface area contributed by atoms with Crippen molar-refractivity contribution in [2.24, 2.45) is 0 Å². The van der Waals surface area contributed by atoms with E-state index in [9.17, 15) is 9.90 Å². The lowest BCUT2D eigenvalue weighted by Gasteiger charge is -2.32. The molecule has 2 rings (SSSR count). The fourth-order valence-electron chi connectivity index (χ4n) is 2.52. The zero-order valence-electron chi connectivity index (χ0n) is 12.2. The second-order valence-electron chi connectivity index (χ2n) is 5.60. The summed E-state index contributed by atoms with van der Waals surface area (Å²) in [7, 11) is 0. The van der Waals surface area contributed by atoms with Crippen LogP contribution in [0.2, 0.25) is 0 Å². The molecule has 1 heterocycles.